The molecule has 0 heterocycles. The van der Waals surface area contributed by atoms with Crippen molar-refractivity contribution in [2.45, 2.75) is 43.8 Å². The number of hydrogen-bond acceptors (Lipinski definition) is 8. The smallest absolute Gasteiger partial charge is 0.326 e. The van der Waals surface area contributed by atoms with E-state index in [9.17, 15) is 24.0 Å². The zero-order valence-electron chi connectivity index (χ0n) is 16.7. The van der Waals surface area contributed by atoms with E-state index in [-0.39, 0.29) is 24.6 Å². The maximum absolute atomic E-state index is 12.2. The molecule has 0 aromatic heterocycles. The van der Waals surface area contributed by atoms with Crippen molar-refractivity contribution in [3.05, 3.63) is 0 Å². The van der Waals surface area contributed by atoms with Crippen LogP contribution in [0.25, 0.3) is 0 Å². The number of aliphatic imine (C=N–C) groups is 1. The molecule has 14 nitrogen and oxygen atoms in total. The van der Waals surface area contributed by atoms with Gasteiger partial charge in [-0.15, -0.1) is 0 Å². The maximum atomic E-state index is 12.2. The van der Waals surface area contributed by atoms with Gasteiger partial charge < -0.3 is 43.4 Å². The summed E-state index contributed by atoms with van der Waals surface area (Å²) in [6.07, 6.45) is -0.0693. The number of carboxylic acids is 2. The lowest BCUT2D eigenvalue weighted by Gasteiger charge is -2.19. The Morgan fingerprint density at radius 3 is 2.13 bits per heavy atom. The van der Waals surface area contributed by atoms with E-state index < -0.39 is 60.8 Å². The van der Waals surface area contributed by atoms with Gasteiger partial charge in [-0.1, -0.05) is 0 Å². The summed E-state index contributed by atoms with van der Waals surface area (Å²) in [6.45, 7) is -0.293. The summed E-state index contributed by atoms with van der Waals surface area (Å²) in [5.74, 6) is -4.97. The van der Waals surface area contributed by atoms with Crippen molar-refractivity contribution in [3.63, 3.8) is 0 Å². The molecule has 0 aliphatic heterocycles. The summed E-state index contributed by atoms with van der Waals surface area (Å²) in [5.41, 5.74) is 16.1. The average molecular weight is 464 g/mol. The summed E-state index contributed by atoms with van der Waals surface area (Å²) in [4.78, 5) is 61.5. The van der Waals surface area contributed by atoms with E-state index in [2.05, 4.69) is 33.6 Å². The van der Waals surface area contributed by atoms with Crippen LogP contribution in [-0.2, 0) is 24.0 Å². The minimum Gasteiger partial charge on any atom is -0.481 e. The SMILES string of the molecule is NC(N)=NCCCC(N)C(=O)NC(CS)C(=O)NCC(=O)NC(CCC(=O)O)C(=O)O. The number of rotatable bonds is 15. The number of guanidine groups is 1. The van der Waals surface area contributed by atoms with Crippen molar-refractivity contribution in [1.29, 1.82) is 0 Å². The number of nitrogens with one attached hydrogen (secondary N) is 3. The molecule has 0 saturated carbocycles. The number of carbonyl (C=O) groups is 5. The zero-order valence-corrected chi connectivity index (χ0v) is 17.6. The Bertz CT molecular complexity index is 685. The average Bonchev–Trinajstić information content (AvgIpc) is 2.69. The highest BCUT2D eigenvalue weighted by Crippen LogP contribution is 1.99. The van der Waals surface area contributed by atoms with Gasteiger partial charge in [-0.25, -0.2) is 4.79 Å². The second-order valence-corrected chi connectivity index (χ2v) is 6.77. The molecule has 0 aromatic rings. The number of hydrogen-bond donors (Lipinski definition) is 9. The van der Waals surface area contributed by atoms with Gasteiger partial charge in [0.2, 0.25) is 17.7 Å². The van der Waals surface area contributed by atoms with E-state index in [1.54, 1.807) is 0 Å². The topological polar surface area (TPSA) is 252 Å². The maximum Gasteiger partial charge on any atom is 0.326 e. The minimum atomic E-state index is -1.42. The Kier molecular flexibility index (Phi) is 13.4. The fourth-order valence-electron chi connectivity index (χ4n) is 2.18. The van der Waals surface area contributed by atoms with Gasteiger partial charge in [0.25, 0.3) is 0 Å². The Morgan fingerprint density at radius 2 is 1.61 bits per heavy atom. The third-order valence-electron chi connectivity index (χ3n) is 3.82. The molecule has 0 radical (unpaired) electrons. The van der Waals surface area contributed by atoms with Crippen LogP contribution in [0.15, 0.2) is 4.99 Å². The molecule has 0 aliphatic rings. The predicted octanol–water partition coefficient (Wildman–Crippen LogP) is -3.67. The Morgan fingerprint density at radius 1 is 0.968 bits per heavy atom. The third-order valence-corrected chi connectivity index (χ3v) is 4.19. The van der Waals surface area contributed by atoms with Crippen molar-refractivity contribution in [2.24, 2.45) is 22.2 Å². The van der Waals surface area contributed by atoms with E-state index in [0.29, 0.717) is 13.0 Å². The molecule has 31 heavy (non-hydrogen) atoms. The number of amides is 3. The van der Waals surface area contributed by atoms with Crippen LogP contribution in [0.5, 0.6) is 0 Å². The Balaban J connectivity index is 4.53. The molecule has 0 aliphatic carbocycles. The molecular weight excluding hydrogens is 434 g/mol. The van der Waals surface area contributed by atoms with Crippen LogP contribution in [0.4, 0.5) is 0 Å². The first-order valence-electron chi connectivity index (χ1n) is 9.21. The first kappa shape index (κ1) is 27.9. The largest absolute Gasteiger partial charge is 0.481 e. The monoisotopic (exact) mass is 463 g/mol. The van der Waals surface area contributed by atoms with E-state index in [1.165, 1.54) is 0 Å². The summed E-state index contributed by atoms with van der Waals surface area (Å²) >= 11 is 3.98. The number of thiol groups is 1. The molecule has 0 aromatic carbocycles. The molecule has 3 amide bonds. The number of carbonyl (C=O) groups excluding carboxylic acids is 3. The quantitative estimate of drug-likeness (QED) is 0.0497. The Hall–Kier alpha value is -3.07. The van der Waals surface area contributed by atoms with Crippen molar-refractivity contribution < 1.29 is 34.2 Å². The molecule has 0 spiro atoms. The number of carboxylic acid groups (broad SMARTS) is 2. The number of aliphatic carboxylic acids is 2. The van der Waals surface area contributed by atoms with Crippen LogP contribution in [0.2, 0.25) is 0 Å². The molecule has 0 fully saturated rings. The summed E-state index contributed by atoms with van der Waals surface area (Å²) in [6, 6.07) is -3.43. The highest BCUT2D eigenvalue weighted by molar-refractivity contribution is 7.80. The zero-order chi connectivity index (χ0) is 24.0. The van der Waals surface area contributed by atoms with Crippen molar-refractivity contribution in [2.75, 3.05) is 18.8 Å². The molecule has 0 saturated heterocycles. The van der Waals surface area contributed by atoms with Crippen LogP contribution in [0, 0.1) is 0 Å². The van der Waals surface area contributed by atoms with Crippen LogP contribution in [0.1, 0.15) is 25.7 Å². The van der Waals surface area contributed by atoms with Gasteiger partial charge in [-0.05, 0) is 19.3 Å². The van der Waals surface area contributed by atoms with Crippen molar-refractivity contribution in [1.82, 2.24) is 16.0 Å². The molecule has 0 rings (SSSR count). The predicted molar refractivity (Wildman–Crippen MR) is 113 cm³/mol. The lowest BCUT2D eigenvalue weighted by molar-refractivity contribution is -0.143. The highest BCUT2D eigenvalue weighted by atomic mass is 32.1. The van der Waals surface area contributed by atoms with Gasteiger partial charge in [0.1, 0.15) is 12.1 Å². The van der Waals surface area contributed by atoms with Gasteiger partial charge in [0.05, 0.1) is 12.6 Å². The van der Waals surface area contributed by atoms with Gasteiger partial charge >= 0.3 is 11.9 Å². The number of nitrogens with zero attached hydrogens (tertiary/aromatic N) is 1. The van der Waals surface area contributed by atoms with Gasteiger partial charge in [0.15, 0.2) is 5.96 Å². The second kappa shape index (κ2) is 14.8. The molecule has 3 unspecified atom stereocenters. The third kappa shape index (κ3) is 13.0. The van der Waals surface area contributed by atoms with Crippen molar-refractivity contribution in [3.8, 4) is 0 Å². The van der Waals surface area contributed by atoms with E-state index >= 15 is 0 Å². The highest BCUT2D eigenvalue weighted by Gasteiger charge is 2.24. The second-order valence-electron chi connectivity index (χ2n) is 6.41. The molecule has 3 atom stereocenters. The number of nitrogens with two attached hydrogens (primary N) is 3. The normalized spacial score (nSPS) is 13.2. The van der Waals surface area contributed by atoms with E-state index in [1.807, 2.05) is 0 Å². The molecule has 15 heteroatoms. The van der Waals surface area contributed by atoms with Crippen molar-refractivity contribution >= 4 is 48.2 Å². The molecule has 0 bridgehead atoms. The first-order valence-corrected chi connectivity index (χ1v) is 9.85. The van der Waals surface area contributed by atoms with Crippen LogP contribution >= 0.6 is 12.6 Å². The van der Waals surface area contributed by atoms with Crippen LogP contribution < -0.4 is 33.2 Å². The van der Waals surface area contributed by atoms with Crippen LogP contribution in [0.3, 0.4) is 0 Å². The summed E-state index contributed by atoms with van der Waals surface area (Å²) in [7, 11) is 0. The van der Waals surface area contributed by atoms with Gasteiger partial charge in [-0.3, -0.25) is 24.2 Å². The van der Waals surface area contributed by atoms with E-state index in [4.69, 9.17) is 27.4 Å². The fourth-order valence-corrected chi connectivity index (χ4v) is 2.44. The van der Waals surface area contributed by atoms with Gasteiger partial charge in [0, 0.05) is 18.7 Å². The lowest BCUT2D eigenvalue weighted by atomic mass is 10.1. The lowest BCUT2D eigenvalue weighted by Crippen LogP contribution is -2.54. The standard InChI is InChI=1S/C16H29N7O7S/c17-8(2-1-5-20-16(18)19)13(27)23-10(7-31)14(28)21-6-11(24)22-9(15(29)30)3-4-12(25)26/h8-10,31H,1-7,17H2,(H,21,28)(H,22,24)(H,23,27)(H,25,26)(H,29,30)(H4,18,19,20). The summed E-state index contributed by atoms with van der Waals surface area (Å²) < 4.78 is 0. The van der Waals surface area contributed by atoms with Gasteiger partial charge in [-0.2, -0.15) is 12.6 Å². The Labute approximate surface area is 183 Å². The molecular formula is C16H29N7O7S. The first-order chi connectivity index (χ1) is 14.5. The van der Waals surface area contributed by atoms with E-state index in [0.717, 1.165) is 0 Å². The van der Waals surface area contributed by atoms with Crippen LogP contribution in [-0.4, -0.2) is 82.8 Å². The fraction of sp³-hybridized carbons (Fsp3) is 0.625. The summed E-state index contributed by atoms with van der Waals surface area (Å²) in [5, 5.41) is 24.4. The molecule has 176 valence electrons. The molecule has 11 N–H and O–H groups in total. The minimum absolute atomic E-state index is 0.0783.